The number of nitrogens with one attached hydrogen (secondary N) is 1. The maximum absolute atomic E-state index is 6.05. The zero-order valence-corrected chi connectivity index (χ0v) is 13.1. The van der Waals surface area contributed by atoms with Crippen molar-refractivity contribution < 1.29 is 0 Å². The van der Waals surface area contributed by atoms with Crippen LogP contribution in [0, 0.1) is 6.92 Å². The van der Waals surface area contributed by atoms with Crippen LogP contribution < -0.4 is 5.32 Å². The predicted molar refractivity (Wildman–Crippen MR) is 85.0 cm³/mol. The first kappa shape index (κ1) is 13.0. The lowest BCUT2D eigenvalue weighted by atomic mass is 10.1. The fraction of sp³-hybridized carbons (Fsp3) is 0.250. The van der Waals surface area contributed by atoms with E-state index in [0.717, 1.165) is 22.3 Å². The number of halogens is 2. The Labute approximate surface area is 127 Å². The number of fused-ring (bicyclic) bond motifs is 1. The summed E-state index contributed by atoms with van der Waals surface area (Å²) in [6, 6.07) is 12.9. The molecule has 0 radical (unpaired) electrons. The number of hydrogen-bond acceptors (Lipinski definition) is 1. The zero-order valence-electron chi connectivity index (χ0n) is 10.7. The van der Waals surface area contributed by atoms with Crippen molar-refractivity contribution >= 4 is 33.2 Å². The maximum Gasteiger partial charge on any atom is 0.0519 e. The van der Waals surface area contributed by atoms with Crippen LogP contribution in [0.25, 0.3) is 0 Å². The molecule has 0 saturated heterocycles. The number of anilines is 1. The Morgan fingerprint density at radius 1 is 1.26 bits per heavy atom. The summed E-state index contributed by atoms with van der Waals surface area (Å²) in [6.45, 7) is 2.13. The van der Waals surface area contributed by atoms with Crippen LogP contribution in [0.15, 0.2) is 40.9 Å². The van der Waals surface area contributed by atoms with Crippen molar-refractivity contribution in [3.05, 3.63) is 62.6 Å². The molecule has 0 aromatic heterocycles. The number of aryl methyl sites for hydroxylation is 1. The SMILES string of the molecule is Cc1c(Br)cccc1NC1CCc2cc(Cl)ccc21. The van der Waals surface area contributed by atoms with Gasteiger partial charge in [0.15, 0.2) is 0 Å². The third kappa shape index (κ3) is 2.52. The molecule has 3 heteroatoms. The van der Waals surface area contributed by atoms with Crippen molar-refractivity contribution in [2.45, 2.75) is 25.8 Å². The fourth-order valence-electron chi connectivity index (χ4n) is 2.69. The molecule has 0 spiro atoms. The van der Waals surface area contributed by atoms with Gasteiger partial charge in [0.05, 0.1) is 6.04 Å². The fourth-order valence-corrected chi connectivity index (χ4v) is 3.25. The summed E-state index contributed by atoms with van der Waals surface area (Å²) in [4.78, 5) is 0. The molecule has 19 heavy (non-hydrogen) atoms. The average Bonchev–Trinajstić information content (AvgIpc) is 2.77. The highest BCUT2D eigenvalue weighted by atomic mass is 79.9. The van der Waals surface area contributed by atoms with Crippen LogP contribution in [-0.4, -0.2) is 0 Å². The van der Waals surface area contributed by atoms with Crippen molar-refractivity contribution in [2.24, 2.45) is 0 Å². The second-order valence-corrected chi connectivity index (χ2v) is 6.28. The van der Waals surface area contributed by atoms with E-state index < -0.39 is 0 Å². The summed E-state index contributed by atoms with van der Waals surface area (Å²) in [5, 5.41) is 4.48. The van der Waals surface area contributed by atoms with Gasteiger partial charge in [0.25, 0.3) is 0 Å². The summed E-state index contributed by atoms with van der Waals surface area (Å²) in [5.74, 6) is 0. The summed E-state index contributed by atoms with van der Waals surface area (Å²) in [6.07, 6.45) is 2.22. The van der Waals surface area contributed by atoms with Gasteiger partial charge in [-0.05, 0) is 60.7 Å². The van der Waals surface area contributed by atoms with Gasteiger partial charge in [-0.25, -0.2) is 0 Å². The van der Waals surface area contributed by atoms with Crippen LogP contribution in [0.5, 0.6) is 0 Å². The van der Waals surface area contributed by atoms with E-state index >= 15 is 0 Å². The average molecular weight is 337 g/mol. The van der Waals surface area contributed by atoms with Gasteiger partial charge < -0.3 is 5.32 Å². The van der Waals surface area contributed by atoms with Gasteiger partial charge in [0, 0.05) is 15.2 Å². The Bertz CT molecular complexity index is 624. The van der Waals surface area contributed by atoms with E-state index in [4.69, 9.17) is 11.6 Å². The van der Waals surface area contributed by atoms with E-state index in [-0.39, 0.29) is 0 Å². The van der Waals surface area contributed by atoms with Crippen LogP contribution in [0.3, 0.4) is 0 Å². The van der Waals surface area contributed by atoms with E-state index in [1.54, 1.807) is 0 Å². The largest absolute Gasteiger partial charge is 0.378 e. The standard InChI is InChI=1S/C16H15BrClN/c1-10-14(17)3-2-4-15(10)19-16-8-5-11-9-12(18)6-7-13(11)16/h2-4,6-7,9,16,19H,5,8H2,1H3. The quantitative estimate of drug-likeness (QED) is 0.762. The van der Waals surface area contributed by atoms with Gasteiger partial charge >= 0.3 is 0 Å². The van der Waals surface area contributed by atoms with Crippen molar-refractivity contribution in [3.8, 4) is 0 Å². The van der Waals surface area contributed by atoms with Crippen LogP contribution in [-0.2, 0) is 6.42 Å². The van der Waals surface area contributed by atoms with E-state index in [1.807, 2.05) is 6.07 Å². The van der Waals surface area contributed by atoms with E-state index in [0.29, 0.717) is 6.04 Å². The summed E-state index contributed by atoms with van der Waals surface area (Å²) in [5.41, 5.74) is 5.20. The molecule has 1 atom stereocenters. The van der Waals surface area contributed by atoms with E-state index in [2.05, 4.69) is 58.5 Å². The molecule has 1 unspecified atom stereocenters. The van der Waals surface area contributed by atoms with E-state index in [1.165, 1.54) is 22.4 Å². The molecule has 0 amide bonds. The summed E-state index contributed by atoms with van der Waals surface area (Å²) < 4.78 is 1.15. The Hall–Kier alpha value is -0.990. The lowest BCUT2D eigenvalue weighted by molar-refractivity contribution is 0.761. The molecule has 0 fully saturated rings. The molecular formula is C16H15BrClN. The van der Waals surface area contributed by atoms with E-state index in [9.17, 15) is 0 Å². The Kier molecular flexibility index (Phi) is 3.55. The van der Waals surface area contributed by atoms with Gasteiger partial charge in [-0.15, -0.1) is 0 Å². The minimum Gasteiger partial charge on any atom is -0.378 e. The van der Waals surface area contributed by atoms with Gasteiger partial charge in [0.1, 0.15) is 0 Å². The first-order valence-corrected chi connectivity index (χ1v) is 7.62. The molecule has 0 bridgehead atoms. The number of benzene rings is 2. The molecule has 98 valence electrons. The maximum atomic E-state index is 6.05. The van der Waals surface area contributed by atoms with Crippen LogP contribution >= 0.6 is 27.5 Å². The minimum atomic E-state index is 0.389. The smallest absolute Gasteiger partial charge is 0.0519 e. The van der Waals surface area contributed by atoms with Crippen molar-refractivity contribution in [1.82, 2.24) is 0 Å². The third-order valence-electron chi connectivity index (χ3n) is 3.78. The predicted octanol–water partition coefficient (Wildman–Crippen LogP) is 5.51. The molecule has 2 aromatic rings. The summed E-state index contributed by atoms with van der Waals surface area (Å²) >= 11 is 9.63. The second-order valence-electron chi connectivity index (χ2n) is 4.99. The molecule has 1 nitrogen and oxygen atoms in total. The molecule has 3 rings (SSSR count). The van der Waals surface area contributed by atoms with Gasteiger partial charge in [-0.3, -0.25) is 0 Å². The molecule has 0 aliphatic heterocycles. The highest BCUT2D eigenvalue weighted by molar-refractivity contribution is 9.10. The van der Waals surface area contributed by atoms with Gasteiger partial charge in [-0.1, -0.05) is 39.7 Å². The molecule has 0 saturated carbocycles. The zero-order chi connectivity index (χ0) is 13.4. The highest BCUT2D eigenvalue weighted by Gasteiger charge is 2.22. The first-order chi connectivity index (χ1) is 9.15. The molecule has 1 aliphatic rings. The Morgan fingerprint density at radius 2 is 2.11 bits per heavy atom. The van der Waals surface area contributed by atoms with Crippen LogP contribution in [0.1, 0.15) is 29.2 Å². The van der Waals surface area contributed by atoms with Gasteiger partial charge in [0.2, 0.25) is 0 Å². The van der Waals surface area contributed by atoms with Crippen LogP contribution in [0.4, 0.5) is 5.69 Å². The molecule has 0 heterocycles. The lowest BCUT2D eigenvalue weighted by Crippen LogP contribution is -2.08. The normalized spacial score (nSPS) is 17.3. The van der Waals surface area contributed by atoms with Crippen LogP contribution in [0.2, 0.25) is 5.02 Å². The molecule has 1 N–H and O–H groups in total. The van der Waals surface area contributed by atoms with Crippen molar-refractivity contribution in [1.29, 1.82) is 0 Å². The first-order valence-electron chi connectivity index (χ1n) is 6.45. The number of hydrogen-bond donors (Lipinski definition) is 1. The molecular weight excluding hydrogens is 322 g/mol. The minimum absolute atomic E-state index is 0.389. The Morgan fingerprint density at radius 3 is 2.95 bits per heavy atom. The van der Waals surface area contributed by atoms with Crippen molar-refractivity contribution in [3.63, 3.8) is 0 Å². The second kappa shape index (κ2) is 5.18. The van der Waals surface area contributed by atoms with Crippen molar-refractivity contribution in [2.75, 3.05) is 5.32 Å². The number of rotatable bonds is 2. The summed E-state index contributed by atoms with van der Waals surface area (Å²) in [7, 11) is 0. The third-order valence-corrected chi connectivity index (χ3v) is 4.87. The highest BCUT2D eigenvalue weighted by Crippen LogP contribution is 2.36. The lowest BCUT2D eigenvalue weighted by Gasteiger charge is -2.18. The van der Waals surface area contributed by atoms with Gasteiger partial charge in [-0.2, -0.15) is 0 Å². The topological polar surface area (TPSA) is 12.0 Å². The Balaban J connectivity index is 1.89. The molecule has 1 aliphatic carbocycles. The monoisotopic (exact) mass is 335 g/mol. The molecule has 2 aromatic carbocycles.